The van der Waals surface area contributed by atoms with Gasteiger partial charge in [0.05, 0.1) is 0 Å². The summed E-state index contributed by atoms with van der Waals surface area (Å²) in [6.07, 6.45) is 12.7. The van der Waals surface area contributed by atoms with Gasteiger partial charge in [0.15, 0.2) is 0 Å². The minimum absolute atomic E-state index is 0.681. The Hall–Kier alpha value is -0.0800. The van der Waals surface area contributed by atoms with Crippen molar-refractivity contribution in [1.29, 1.82) is 0 Å². The lowest BCUT2D eigenvalue weighted by Crippen LogP contribution is -2.40. The number of hydrogen-bond acceptors (Lipinski definition) is 2. The van der Waals surface area contributed by atoms with Crippen LogP contribution in [0.3, 0.4) is 0 Å². The molecule has 2 heteroatoms. The standard InChI is InChI=1S/C14H31N.C8H17N/c1-7-9-10-14(8-2)11-15(12(3)4)13(5)6;1-9(2)8-6-4-3-5-7-8/h12-14H,7-11H2,1-6H3;8H,3-7H2,1-2H3. The Morgan fingerprint density at radius 1 is 0.875 bits per heavy atom. The number of nitrogens with zero attached hydrogens (tertiary/aromatic N) is 2. The minimum Gasteiger partial charge on any atom is -0.306 e. The Kier molecular flexibility index (Phi) is 14.1. The predicted octanol–water partition coefficient (Wildman–Crippen LogP) is 6.20. The first-order valence-electron chi connectivity index (χ1n) is 10.8. The summed E-state index contributed by atoms with van der Waals surface area (Å²) >= 11 is 0. The fourth-order valence-electron chi connectivity index (χ4n) is 3.83. The van der Waals surface area contributed by atoms with Crippen molar-refractivity contribution in [3.63, 3.8) is 0 Å². The van der Waals surface area contributed by atoms with Gasteiger partial charge in [-0.25, -0.2) is 0 Å². The summed E-state index contributed by atoms with van der Waals surface area (Å²) in [6, 6.07) is 2.25. The lowest BCUT2D eigenvalue weighted by molar-refractivity contribution is 0.140. The van der Waals surface area contributed by atoms with Gasteiger partial charge in [0.1, 0.15) is 0 Å². The molecule has 1 aliphatic rings. The van der Waals surface area contributed by atoms with Crippen LogP contribution in [-0.2, 0) is 0 Å². The third kappa shape index (κ3) is 10.7. The molecule has 0 heterocycles. The highest BCUT2D eigenvalue weighted by Crippen LogP contribution is 2.20. The van der Waals surface area contributed by atoms with Crippen LogP contribution in [-0.4, -0.2) is 48.6 Å². The van der Waals surface area contributed by atoms with Crippen LogP contribution in [0, 0.1) is 5.92 Å². The molecule has 1 atom stereocenters. The van der Waals surface area contributed by atoms with Gasteiger partial charge in [-0.15, -0.1) is 0 Å². The van der Waals surface area contributed by atoms with E-state index in [1.807, 2.05) is 0 Å². The van der Waals surface area contributed by atoms with Crippen molar-refractivity contribution < 1.29 is 0 Å². The molecule has 24 heavy (non-hydrogen) atoms. The Morgan fingerprint density at radius 2 is 1.42 bits per heavy atom. The molecular weight excluding hydrogens is 292 g/mol. The van der Waals surface area contributed by atoms with E-state index in [2.05, 4.69) is 65.4 Å². The molecule has 0 amide bonds. The van der Waals surface area contributed by atoms with E-state index in [-0.39, 0.29) is 0 Å². The molecule has 0 N–H and O–H groups in total. The van der Waals surface area contributed by atoms with Gasteiger partial charge in [-0.3, -0.25) is 4.90 Å². The number of unbranched alkanes of at least 4 members (excludes halogenated alkanes) is 1. The van der Waals surface area contributed by atoms with E-state index >= 15 is 0 Å². The second-order valence-corrected chi connectivity index (χ2v) is 8.56. The number of hydrogen-bond donors (Lipinski definition) is 0. The average molecular weight is 341 g/mol. The molecule has 1 fully saturated rings. The van der Waals surface area contributed by atoms with E-state index in [1.54, 1.807) is 0 Å². The van der Waals surface area contributed by atoms with Crippen LogP contribution in [0.4, 0.5) is 0 Å². The Morgan fingerprint density at radius 3 is 1.75 bits per heavy atom. The van der Waals surface area contributed by atoms with Crippen LogP contribution in [0.1, 0.15) is 99.3 Å². The maximum absolute atomic E-state index is 2.63. The largest absolute Gasteiger partial charge is 0.306 e. The van der Waals surface area contributed by atoms with Crippen LogP contribution in [0.2, 0.25) is 0 Å². The maximum atomic E-state index is 2.63. The van der Waals surface area contributed by atoms with Crippen molar-refractivity contribution in [3.8, 4) is 0 Å². The van der Waals surface area contributed by atoms with Crippen molar-refractivity contribution in [2.24, 2.45) is 5.92 Å². The van der Waals surface area contributed by atoms with Crippen LogP contribution in [0.15, 0.2) is 0 Å². The van der Waals surface area contributed by atoms with Crippen molar-refractivity contribution in [1.82, 2.24) is 9.80 Å². The van der Waals surface area contributed by atoms with Crippen LogP contribution in [0.25, 0.3) is 0 Å². The highest BCUT2D eigenvalue weighted by molar-refractivity contribution is 4.72. The predicted molar refractivity (Wildman–Crippen MR) is 111 cm³/mol. The van der Waals surface area contributed by atoms with Gasteiger partial charge in [-0.05, 0) is 67.0 Å². The Bertz CT molecular complexity index is 259. The van der Waals surface area contributed by atoms with E-state index in [0.717, 1.165) is 12.0 Å². The molecule has 0 aliphatic heterocycles. The average Bonchev–Trinajstić information content (AvgIpc) is 2.55. The van der Waals surface area contributed by atoms with Gasteiger partial charge in [-0.2, -0.15) is 0 Å². The van der Waals surface area contributed by atoms with Gasteiger partial charge in [0, 0.05) is 24.7 Å². The SMILES string of the molecule is CCCCC(CC)CN(C(C)C)C(C)C.CN(C)C1CCCCC1. The topological polar surface area (TPSA) is 6.48 Å². The van der Waals surface area contributed by atoms with E-state index in [0.29, 0.717) is 12.1 Å². The normalized spacial score (nSPS) is 17.5. The van der Waals surface area contributed by atoms with Crippen LogP contribution < -0.4 is 0 Å². The summed E-state index contributed by atoms with van der Waals surface area (Å²) in [5, 5.41) is 0. The van der Waals surface area contributed by atoms with Gasteiger partial charge in [0.2, 0.25) is 0 Å². The summed E-state index contributed by atoms with van der Waals surface area (Å²) in [5.74, 6) is 0.898. The van der Waals surface area contributed by atoms with Gasteiger partial charge in [0.25, 0.3) is 0 Å². The molecular formula is C22H48N2. The molecule has 1 rings (SSSR count). The molecule has 1 unspecified atom stereocenters. The fourth-order valence-corrected chi connectivity index (χ4v) is 3.83. The third-order valence-corrected chi connectivity index (χ3v) is 5.64. The molecule has 0 spiro atoms. The molecule has 1 aliphatic carbocycles. The molecule has 0 radical (unpaired) electrons. The summed E-state index contributed by atoms with van der Waals surface area (Å²) in [5.41, 5.74) is 0. The first-order valence-corrected chi connectivity index (χ1v) is 10.8. The van der Waals surface area contributed by atoms with E-state index in [9.17, 15) is 0 Å². The van der Waals surface area contributed by atoms with E-state index < -0.39 is 0 Å². The molecule has 146 valence electrons. The summed E-state index contributed by atoms with van der Waals surface area (Å²) in [4.78, 5) is 4.99. The molecule has 0 saturated heterocycles. The molecule has 0 aromatic heterocycles. The Labute approximate surface area is 154 Å². The highest BCUT2D eigenvalue weighted by atomic mass is 15.2. The third-order valence-electron chi connectivity index (χ3n) is 5.64. The first-order chi connectivity index (χ1) is 11.3. The first kappa shape index (κ1) is 23.9. The van der Waals surface area contributed by atoms with Crippen molar-refractivity contribution in [2.45, 2.75) is 117 Å². The van der Waals surface area contributed by atoms with Crippen molar-refractivity contribution in [2.75, 3.05) is 20.6 Å². The highest BCUT2D eigenvalue weighted by Gasteiger charge is 2.17. The zero-order valence-electron chi connectivity index (χ0n) is 18.3. The second kappa shape index (κ2) is 14.1. The second-order valence-electron chi connectivity index (χ2n) is 8.56. The van der Waals surface area contributed by atoms with Crippen molar-refractivity contribution >= 4 is 0 Å². The summed E-state index contributed by atoms with van der Waals surface area (Å²) < 4.78 is 0. The lowest BCUT2D eigenvalue weighted by atomic mass is 9.95. The van der Waals surface area contributed by atoms with Gasteiger partial charge in [-0.1, -0.05) is 52.4 Å². The number of rotatable bonds is 9. The monoisotopic (exact) mass is 340 g/mol. The van der Waals surface area contributed by atoms with Crippen molar-refractivity contribution in [3.05, 3.63) is 0 Å². The molecule has 0 aromatic carbocycles. The smallest absolute Gasteiger partial charge is 0.00891 e. The van der Waals surface area contributed by atoms with E-state index in [4.69, 9.17) is 0 Å². The fraction of sp³-hybridized carbons (Fsp3) is 1.00. The lowest BCUT2D eigenvalue weighted by Gasteiger charge is -2.33. The zero-order chi connectivity index (χ0) is 18.5. The minimum atomic E-state index is 0.681. The summed E-state index contributed by atoms with van der Waals surface area (Å²) in [7, 11) is 4.38. The Balaban J connectivity index is 0.000000496. The van der Waals surface area contributed by atoms with Crippen LogP contribution >= 0.6 is 0 Å². The summed E-state index contributed by atoms with van der Waals surface area (Å²) in [6.45, 7) is 15.2. The molecule has 2 nitrogen and oxygen atoms in total. The zero-order valence-corrected chi connectivity index (χ0v) is 18.3. The van der Waals surface area contributed by atoms with Crippen LogP contribution in [0.5, 0.6) is 0 Å². The molecule has 0 aromatic rings. The quantitative estimate of drug-likeness (QED) is 0.493. The van der Waals surface area contributed by atoms with Gasteiger partial charge < -0.3 is 4.90 Å². The molecule has 0 bridgehead atoms. The molecule has 1 saturated carbocycles. The maximum Gasteiger partial charge on any atom is 0.00891 e. The van der Waals surface area contributed by atoms with E-state index in [1.165, 1.54) is 64.3 Å². The van der Waals surface area contributed by atoms with Gasteiger partial charge >= 0.3 is 0 Å².